The number of carbonyl (C=O) groups excluding carboxylic acids is 1. The van der Waals surface area contributed by atoms with E-state index in [4.69, 9.17) is 9.15 Å². The molecule has 1 aromatic carbocycles. The number of halogens is 1. The van der Waals surface area contributed by atoms with Crippen LogP contribution >= 0.6 is 0 Å². The lowest BCUT2D eigenvalue weighted by Gasteiger charge is -2.34. The zero-order chi connectivity index (χ0) is 17.8. The third-order valence-electron chi connectivity index (χ3n) is 4.80. The van der Waals surface area contributed by atoms with Gasteiger partial charge in [-0.3, -0.25) is 4.90 Å². The van der Waals surface area contributed by atoms with Crippen molar-refractivity contribution >= 4 is 5.97 Å². The van der Waals surface area contributed by atoms with Gasteiger partial charge < -0.3 is 14.3 Å². The summed E-state index contributed by atoms with van der Waals surface area (Å²) < 4.78 is 22.9. The fourth-order valence-electron chi connectivity index (χ4n) is 3.33. The summed E-state index contributed by atoms with van der Waals surface area (Å²) in [5.41, 5.74) is 1.56. The minimum absolute atomic E-state index is 0.145. The maximum Gasteiger partial charge on any atom is 0.374 e. The number of methoxy groups -OCH3 is 1. The van der Waals surface area contributed by atoms with E-state index in [1.807, 2.05) is 0 Å². The molecule has 1 saturated heterocycles. The van der Waals surface area contributed by atoms with Gasteiger partial charge in [0.2, 0.25) is 5.76 Å². The minimum atomic E-state index is -0.581. The SMILES string of the molecule is COC(=O)c1occc1CN1CCC(C(O)c2ccc(F)cc2)CC1. The van der Waals surface area contributed by atoms with E-state index in [2.05, 4.69) is 4.90 Å². The monoisotopic (exact) mass is 347 g/mol. The molecule has 1 N–H and O–H groups in total. The lowest BCUT2D eigenvalue weighted by atomic mass is 9.87. The molecule has 0 bridgehead atoms. The third-order valence-corrected chi connectivity index (χ3v) is 4.80. The highest BCUT2D eigenvalue weighted by molar-refractivity contribution is 5.87. The molecule has 3 rings (SSSR count). The van der Waals surface area contributed by atoms with Crippen LogP contribution in [-0.4, -0.2) is 36.2 Å². The Morgan fingerprint density at radius 3 is 2.64 bits per heavy atom. The van der Waals surface area contributed by atoms with Crippen molar-refractivity contribution in [3.05, 3.63) is 59.3 Å². The van der Waals surface area contributed by atoms with Crippen LogP contribution in [0.15, 0.2) is 41.0 Å². The van der Waals surface area contributed by atoms with Gasteiger partial charge in [0.25, 0.3) is 0 Å². The highest BCUT2D eigenvalue weighted by atomic mass is 19.1. The van der Waals surface area contributed by atoms with Gasteiger partial charge in [-0.2, -0.15) is 0 Å². The number of hydrogen-bond acceptors (Lipinski definition) is 5. The van der Waals surface area contributed by atoms with E-state index in [9.17, 15) is 14.3 Å². The topological polar surface area (TPSA) is 62.9 Å². The summed E-state index contributed by atoms with van der Waals surface area (Å²) in [5, 5.41) is 10.5. The van der Waals surface area contributed by atoms with Crippen LogP contribution in [0.1, 0.15) is 40.6 Å². The molecule has 6 heteroatoms. The zero-order valence-electron chi connectivity index (χ0n) is 14.2. The van der Waals surface area contributed by atoms with Gasteiger partial charge in [-0.15, -0.1) is 0 Å². The molecule has 0 aliphatic carbocycles. The molecule has 2 heterocycles. The molecule has 1 unspecified atom stereocenters. The number of piperidine rings is 1. The molecular weight excluding hydrogens is 325 g/mol. The number of esters is 1. The summed E-state index contributed by atoms with van der Waals surface area (Å²) in [6.45, 7) is 2.24. The number of aliphatic hydroxyl groups excluding tert-OH is 1. The van der Waals surface area contributed by atoms with Gasteiger partial charge in [0, 0.05) is 12.1 Å². The second-order valence-corrected chi connectivity index (χ2v) is 6.38. The first-order valence-corrected chi connectivity index (χ1v) is 8.39. The van der Waals surface area contributed by atoms with E-state index >= 15 is 0 Å². The van der Waals surface area contributed by atoms with Crippen LogP contribution in [0.25, 0.3) is 0 Å². The van der Waals surface area contributed by atoms with Gasteiger partial charge >= 0.3 is 5.97 Å². The smallest absolute Gasteiger partial charge is 0.374 e. The Bertz CT molecular complexity index is 704. The Kier molecular flexibility index (Phi) is 5.50. The van der Waals surface area contributed by atoms with E-state index in [1.54, 1.807) is 18.2 Å². The van der Waals surface area contributed by atoms with Crippen molar-refractivity contribution in [1.82, 2.24) is 4.90 Å². The Labute approximate surface area is 146 Å². The molecule has 5 nitrogen and oxygen atoms in total. The molecule has 0 amide bonds. The molecule has 1 aliphatic heterocycles. The Morgan fingerprint density at radius 1 is 1.32 bits per heavy atom. The number of carbonyl (C=O) groups is 1. The van der Waals surface area contributed by atoms with Gasteiger partial charge in [-0.25, -0.2) is 9.18 Å². The standard InChI is InChI=1S/C19H22FNO4/c1-24-19(23)18-15(8-11-25-18)12-21-9-6-14(7-10-21)17(22)13-2-4-16(20)5-3-13/h2-5,8,11,14,17,22H,6-7,9-10,12H2,1H3. The minimum Gasteiger partial charge on any atom is -0.463 e. The fraction of sp³-hybridized carbons (Fsp3) is 0.421. The van der Waals surface area contributed by atoms with Gasteiger partial charge in [0.05, 0.1) is 19.5 Å². The van der Waals surface area contributed by atoms with Crippen molar-refractivity contribution in [3.63, 3.8) is 0 Å². The van der Waals surface area contributed by atoms with E-state index in [-0.39, 0.29) is 17.5 Å². The zero-order valence-corrected chi connectivity index (χ0v) is 14.2. The van der Waals surface area contributed by atoms with Crippen molar-refractivity contribution in [1.29, 1.82) is 0 Å². The summed E-state index contributed by atoms with van der Waals surface area (Å²) >= 11 is 0. The average molecular weight is 347 g/mol. The Morgan fingerprint density at radius 2 is 2.00 bits per heavy atom. The highest BCUT2D eigenvalue weighted by Crippen LogP contribution is 2.31. The lowest BCUT2D eigenvalue weighted by Crippen LogP contribution is -2.35. The number of furan rings is 1. The second kappa shape index (κ2) is 7.80. The quantitative estimate of drug-likeness (QED) is 0.842. The van der Waals surface area contributed by atoms with Crippen molar-refractivity contribution in [3.8, 4) is 0 Å². The molecular formula is C19H22FNO4. The molecule has 0 spiro atoms. The van der Waals surface area contributed by atoms with Gasteiger partial charge in [0.15, 0.2) is 0 Å². The summed E-state index contributed by atoms with van der Waals surface area (Å²) in [6.07, 6.45) is 2.59. The van der Waals surface area contributed by atoms with Crippen LogP contribution in [0.3, 0.4) is 0 Å². The second-order valence-electron chi connectivity index (χ2n) is 6.38. The number of nitrogens with zero attached hydrogens (tertiary/aromatic N) is 1. The van der Waals surface area contributed by atoms with Crippen LogP contribution < -0.4 is 0 Å². The number of benzene rings is 1. The summed E-state index contributed by atoms with van der Waals surface area (Å²) in [5.74, 6) is -0.379. The molecule has 134 valence electrons. The van der Waals surface area contributed by atoms with Crippen molar-refractivity contribution < 1.29 is 23.4 Å². The normalized spacial score (nSPS) is 17.4. The molecule has 0 radical (unpaired) electrons. The van der Waals surface area contributed by atoms with E-state index in [0.717, 1.165) is 37.1 Å². The molecule has 1 aromatic heterocycles. The fourth-order valence-corrected chi connectivity index (χ4v) is 3.33. The molecule has 1 atom stereocenters. The maximum atomic E-state index is 13.0. The lowest BCUT2D eigenvalue weighted by molar-refractivity contribution is 0.0537. The molecule has 25 heavy (non-hydrogen) atoms. The van der Waals surface area contributed by atoms with Gasteiger partial charge in [-0.1, -0.05) is 12.1 Å². The van der Waals surface area contributed by atoms with Crippen molar-refractivity contribution in [2.24, 2.45) is 5.92 Å². The Hall–Kier alpha value is -2.18. The summed E-state index contributed by atoms with van der Waals surface area (Å²) in [4.78, 5) is 13.9. The van der Waals surface area contributed by atoms with Crippen molar-refractivity contribution in [2.75, 3.05) is 20.2 Å². The summed E-state index contributed by atoms with van der Waals surface area (Å²) in [6, 6.07) is 7.81. The largest absolute Gasteiger partial charge is 0.463 e. The number of aliphatic hydroxyl groups is 1. The third kappa shape index (κ3) is 4.08. The molecule has 1 fully saturated rings. The van der Waals surface area contributed by atoms with Crippen LogP contribution in [0, 0.1) is 11.7 Å². The first-order valence-electron chi connectivity index (χ1n) is 8.39. The van der Waals surface area contributed by atoms with E-state index < -0.39 is 12.1 Å². The van der Waals surface area contributed by atoms with Crippen molar-refractivity contribution in [2.45, 2.75) is 25.5 Å². The number of rotatable bonds is 5. The van der Waals surface area contributed by atoms with E-state index in [1.165, 1.54) is 25.5 Å². The number of ether oxygens (including phenoxy) is 1. The van der Waals surface area contributed by atoms with Crippen LogP contribution in [0.2, 0.25) is 0 Å². The predicted octanol–water partition coefficient (Wildman–Crippen LogP) is 3.15. The average Bonchev–Trinajstić information content (AvgIpc) is 3.10. The van der Waals surface area contributed by atoms with Gasteiger partial charge in [-0.05, 0) is 55.6 Å². The van der Waals surface area contributed by atoms with Crippen LogP contribution in [0.5, 0.6) is 0 Å². The summed E-state index contributed by atoms with van der Waals surface area (Å²) in [7, 11) is 1.33. The molecule has 2 aromatic rings. The number of likely N-dealkylation sites (tertiary alicyclic amines) is 1. The highest BCUT2D eigenvalue weighted by Gasteiger charge is 2.27. The first kappa shape index (κ1) is 17.6. The van der Waals surface area contributed by atoms with Crippen LogP contribution in [0.4, 0.5) is 4.39 Å². The van der Waals surface area contributed by atoms with E-state index in [0.29, 0.717) is 6.54 Å². The number of hydrogen-bond donors (Lipinski definition) is 1. The first-order chi connectivity index (χ1) is 12.1. The molecule has 1 aliphatic rings. The maximum absolute atomic E-state index is 13.0. The van der Waals surface area contributed by atoms with Crippen LogP contribution in [-0.2, 0) is 11.3 Å². The predicted molar refractivity (Wildman–Crippen MR) is 89.4 cm³/mol. The molecule has 0 saturated carbocycles. The van der Waals surface area contributed by atoms with Gasteiger partial charge in [0.1, 0.15) is 5.82 Å². The Balaban J connectivity index is 1.56.